The maximum absolute atomic E-state index is 10.7. The molecule has 4 rings (SSSR count). The van der Waals surface area contributed by atoms with E-state index < -0.39 is 18.1 Å². The smallest absolute Gasteiger partial charge is 0.748 e. The molecule has 0 aromatic heterocycles. The predicted molar refractivity (Wildman–Crippen MR) is 130 cm³/mol. The molecule has 0 saturated heterocycles. The van der Waals surface area contributed by atoms with Crippen molar-refractivity contribution in [3.63, 3.8) is 0 Å². The monoisotopic (exact) mass is 564 g/mol. The molecule has 0 aliphatic heterocycles. The zero-order chi connectivity index (χ0) is 23.2. The Balaban J connectivity index is 0.000000227. The first-order valence-electron chi connectivity index (χ1n) is 9.26. The number of rotatable bonds is 6. The second kappa shape index (κ2) is 12.3. The van der Waals surface area contributed by atoms with E-state index in [0.717, 1.165) is 32.7 Å². The van der Waals surface area contributed by atoms with E-state index in [9.17, 15) is 17.5 Å². The van der Waals surface area contributed by atoms with E-state index in [-0.39, 0.29) is 29.7 Å². The van der Waals surface area contributed by atoms with Crippen LogP contribution in [0.5, 0.6) is 0 Å². The minimum absolute atomic E-state index is 0. The van der Waals surface area contributed by atoms with Gasteiger partial charge in [0.25, 0.3) is 0 Å². The molecule has 0 fully saturated rings. The maximum atomic E-state index is 10.7. The van der Waals surface area contributed by atoms with Crippen LogP contribution in [0.25, 0.3) is 21.5 Å². The van der Waals surface area contributed by atoms with Crippen molar-refractivity contribution in [3.05, 3.63) is 96.1 Å². The first-order chi connectivity index (χ1) is 15.1. The fraction of sp³-hybridized carbons (Fsp3) is 0.0909. The van der Waals surface area contributed by atoms with Crippen molar-refractivity contribution in [3.8, 4) is 0 Å². The van der Waals surface area contributed by atoms with Crippen molar-refractivity contribution in [2.24, 2.45) is 0 Å². The van der Waals surface area contributed by atoms with E-state index in [1.807, 2.05) is 84.9 Å². The Morgan fingerprint density at radius 3 is 1.30 bits per heavy atom. The summed E-state index contributed by atoms with van der Waals surface area (Å²) in [6.45, 7) is -0.0413. The zero-order valence-electron chi connectivity index (χ0n) is 16.9. The summed E-state index contributed by atoms with van der Waals surface area (Å²) in [4.78, 5) is 0. The molecular formula is C22H18NiO6S4. The van der Waals surface area contributed by atoms with Crippen LogP contribution in [0.15, 0.2) is 84.9 Å². The molecule has 6 nitrogen and oxygen atoms in total. The quantitative estimate of drug-likeness (QED) is 0.320. The normalized spacial score (nSPS) is 14.4. The fourth-order valence-corrected chi connectivity index (χ4v) is 3.94. The van der Waals surface area contributed by atoms with Crippen LogP contribution in [0.1, 0.15) is 11.1 Å². The minimum Gasteiger partial charge on any atom is -0.748 e. The predicted octanol–water partition coefficient (Wildman–Crippen LogP) is 4.29. The molecule has 4 aromatic carbocycles. The topological polar surface area (TPSA) is 98.7 Å². The minimum atomic E-state index is -3.81. The van der Waals surface area contributed by atoms with E-state index in [1.54, 1.807) is 0 Å². The fourth-order valence-electron chi connectivity index (χ4n) is 3.11. The van der Waals surface area contributed by atoms with Gasteiger partial charge in [-0.1, -0.05) is 84.9 Å². The summed E-state index contributed by atoms with van der Waals surface area (Å²) in [7, 11) is -7.62. The van der Waals surface area contributed by atoms with Crippen molar-refractivity contribution in [1.29, 1.82) is 0 Å². The van der Waals surface area contributed by atoms with Crippen molar-refractivity contribution in [2.45, 2.75) is 13.2 Å². The third-order valence-corrected chi connectivity index (χ3v) is 5.87. The third kappa shape index (κ3) is 8.97. The molecule has 4 aromatic rings. The van der Waals surface area contributed by atoms with Gasteiger partial charge < -0.3 is 9.11 Å². The van der Waals surface area contributed by atoms with Crippen LogP contribution < -0.4 is 0 Å². The van der Waals surface area contributed by atoms with Gasteiger partial charge in [0.1, 0.15) is 0 Å². The average molecular weight is 565 g/mol. The molecule has 0 amide bonds. The van der Waals surface area contributed by atoms with Crippen LogP contribution in [0.4, 0.5) is 0 Å². The van der Waals surface area contributed by atoms with Crippen LogP contribution >= 0.6 is 0 Å². The van der Waals surface area contributed by atoms with Crippen LogP contribution in [-0.2, 0) is 78.6 Å². The summed E-state index contributed by atoms with van der Waals surface area (Å²) in [6, 6.07) is 26.7. The summed E-state index contributed by atoms with van der Waals surface area (Å²) >= 11 is 8.31. The molecule has 0 saturated carbocycles. The number of hydrogen-bond donors (Lipinski definition) is 0. The molecule has 0 radical (unpaired) electrons. The van der Waals surface area contributed by atoms with Gasteiger partial charge in [0.2, 0.25) is 0 Å². The summed E-state index contributed by atoms with van der Waals surface area (Å²) in [5, 5.41) is 4.04. The third-order valence-electron chi connectivity index (χ3n) is 4.48. The van der Waals surface area contributed by atoms with Gasteiger partial charge >= 0.3 is 16.5 Å². The second-order valence-corrected chi connectivity index (χ2v) is 11.2. The summed E-state index contributed by atoms with van der Waals surface area (Å²) in [5.74, 6) is 0. The largest absolute Gasteiger partial charge is 2.00 e. The van der Waals surface area contributed by atoms with E-state index in [4.69, 9.17) is 0 Å². The molecular weight excluding hydrogens is 547 g/mol. The Kier molecular flexibility index (Phi) is 10.3. The number of benzene rings is 4. The molecule has 176 valence electrons. The summed E-state index contributed by atoms with van der Waals surface area (Å²) < 4.78 is 52.2. The van der Waals surface area contributed by atoms with Crippen LogP contribution in [0.2, 0.25) is 0 Å². The van der Waals surface area contributed by atoms with Gasteiger partial charge in [0, 0.05) is 0 Å². The van der Waals surface area contributed by atoms with E-state index in [0.29, 0.717) is 0 Å². The van der Waals surface area contributed by atoms with Crippen molar-refractivity contribution < 1.29 is 42.4 Å². The molecule has 11 heteroatoms. The van der Waals surface area contributed by atoms with E-state index in [2.05, 4.69) is 30.7 Å². The molecule has 0 heterocycles. The van der Waals surface area contributed by atoms with Crippen molar-refractivity contribution >= 4 is 62.0 Å². The van der Waals surface area contributed by atoms with Gasteiger partial charge in [-0.2, -0.15) is 0 Å². The summed E-state index contributed by atoms with van der Waals surface area (Å²) in [5.41, 5.74) is 1.62. The van der Waals surface area contributed by atoms with E-state index >= 15 is 0 Å². The second-order valence-electron chi connectivity index (χ2n) is 6.62. The first-order valence-corrected chi connectivity index (χ1v) is 13.9. The van der Waals surface area contributed by atoms with Gasteiger partial charge in [-0.25, -0.2) is 8.42 Å². The standard InChI is InChI=1S/2C11H10O3S2.Ni/c2*12-16(13,15)14-8-10-6-3-5-9-4-1-2-7-11(9)10;/h2*1-7H,8H2,(H,12,13,15);/q;;+2/p-2. The molecule has 0 aliphatic carbocycles. The van der Waals surface area contributed by atoms with Gasteiger partial charge in [-0.3, -0.25) is 8.37 Å². The molecule has 0 N–H and O–H groups in total. The molecule has 0 aliphatic rings. The molecule has 0 bridgehead atoms. The maximum Gasteiger partial charge on any atom is 2.00 e. The van der Waals surface area contributed by atoms with E-state index in [1.165, 1.54) is 0 Å². The molecule has 2 unspecified atom stereocenters. The SMILES string of the molecule is O=S([O-])(=S)OCc1cccc2ccccc12.O=S([O-])(=S)OCc1cccc2ccccc12.[Ni+2]. The van der Waals surface area contributed by atoms with Crippen LogP contribution in [0.3, 0.4) is 0 Å². The van der Waals surface area contributed by atoms with Crippen LogP contribution in [0, 0.1) is 0 Å². The van der Waals surface area contributed by atoms with Crippen LogP contribution in [-0.4, -0.2) is 17.5 Å². The number of fused-ring (bicyclic) bond motifs is 2. The molecule has 2 atom stereocenters. The number of hydrogen-bond acceptors (Lipinski definition) is 8. The Morgan fingerprint density at radius 1 is 0.606 bits per heavy atom. The van der Waals surface area contributed by atoms with Gasteiger partial charge in [0.15, 0.2) is 0 Å². The Labute approximate surface area is 212 Å². The average Bonchev–Trinajstić information content (AvgIpc) is 2.75. The van der Waals surface area contributed by atoms with Gasteiger partial charge in [0.05, 0.1) is 31.3 Å². The van der Waals surface area contributed by atoms with Gasteiger partial charge in [-0.15, -0.1) is 0 Å². The zero-order valence-corrected chi connectivity index (χ0v) is 21.1. The van der Waals surface area contributed by atoms with Crippen molar-refractivity contribution in [1.82, 2.24) is 0 Å². The Bertz CT molecular complexity index is 1320. The summed E-state index contributed by atoms with van der Waals surface area (Å²) in [6.07, 6.45) is 0. The Hall–Kier alpha value is -1.53. The van der Waals surface area contributed by atoms with Gasteiger partial charge in [-0.05, 0) is 55.0 Å². The van der Waals surface area contributed by atoms with Crippen molar-refractivity contribution in [2.75, 3.05) is 0 Å². The molecule has 0 spiro atoms. The molecule has 33 heavy (non-hydrogen) atoms. The first kappa shape index (κ1) is 27.7. The Morgan fingerprint density at radius 2 is 0.939 bits per heavy atom.